The van der Waals surface area contributed by atoms with Gasteiger partial charge in [-0.1, -0.05) is 50.2 Å². The van der Waals surface area contributed by atoms with Crippen molar-refractivity contribution in [2.24, 2.45) is 5.92 Å². The van der Waals surface area contributed by atoms with E-state index in [1.165, 1.54) is 5.56 Å². The summed E-state index contributed by atoms with van der Waals surface area (Å²) in [5.74, 6) is 0.685. The predicted octanol–water partition coefficient (Wildman–Crippen LogP) is 4.46. The number of hydrogen-bond donors (Lipinski definition) is 1. The van der Waals surface area contributed by atoms with E-state index in [0.29, 0.717) is 36.1 Å². The molecule has 0 aliphatic carbocycles. The monoisotopic (exact) mass is 490 g/mol. The molecule has 192 valence electrons. The third-order valence-electron chi connectivity index (χ3n) is 6.95. The Kier molecular flexibility index (Phi) is 8.75. The molecule has 1 saturated heterocycles. The summed E-state index contributed by atoms with van der Waals surface area (Å²) in [5, 5.41) is 3.14. The van der Waals surface area contributed by atoms with Gasteiger partial charge in [-0.15, -0.1) is 0 Å². The number of aromatic nitrogens is 2. The minimum absolute atomic E-state index is 0.0607. The highest BCUT2D eigenvalue weighted by Gasteiger charge is 2.27. The molecule has 0 saturated carbocycles. The molecule has 2 unspecified atom stereocenters. The molecule has 2 aromatic heterocycles. The second-order valence-electron chi connectivity index (χ2n) is 10.2. The molecule has 1 fully saturated rings. The van der Waals surface area contributed by atoms with Crippen LogP contribution in [0.15, 0.2) is 54.7 Å². The number of ether oxygens (including phenoxy) is 1. The van der Waals surface area contributed by atoms with E-state index in [-0.39, 0.29) is 30.2 Å². The summed E-state index contributed by atoms with van der Waals surface area (Å²) in [6, 6.07) is 16.0. The number of carbonyl (C=O) groups is 2. The third kappa shape index (κ3) is 6.32. The lowest BCUT2D eigenvalue weighted by molar-refractivity contribution is -0.135. The van der Waals surface area contributed by atoms with Gasteiger partial charge in [0.05, 0.1) is 24.8 Å². The van der Waals surface area contributed by atoms with Crippen LogP contribution in [0.1, 0.15) is 67.2 Å². The van der Waals surface area contributed by atoms with E-state index >= 15 is 0 Å². The average Bonchev–Trinajstić information content (AvgIpc) is 3.29. The van der Waals surface area contributed by atoms with Gasteiger partial charge in [-0.3, -0.25) is 14.0 Å². The average molecular weight is 491 g/mol. The SMILES string of the molecule is COCC1CCCCN1C(=O)Cc1cn2c(C(=O)NCC(CC(C)C)c3ccccc3)cccc2n1. The van der Waals surface area contributed by atoms with Gasteiger partial charge >= 0.3 is 0 Å². The lowest BCUT2D eigenvalue weighted by Crippen LogP contribution is -2.46. The highest BCUT2D eigenvalue weighted by Crippen LogP contribution is 2.23. The Morgan fingerprint density at radius 3 is 2.67 bits per heavy atom. The Labute approximate surface area is 213 Å². The van der Waals surface area contributed by atoms with E-state index < -0.39 is 0 Å². The summed E-state index contributed by atoms with van der Waals surface area (Å²) in [4.78, 5) is 32.9. The van der Waals surface area contributed by atoms with Gasteiger partial charge in [-0.2, -0.15) is 0 Å². The summed E-state index contributed by atoms with van der Waals surface area (Å²) >= 11 is 0. The summed E-state index contributed by atoms with van der Waals surface area (Å²) in [5.41, 5.74) is 3.09. The molecule has 3 heterocycles. The number of rotatable bonds is 10. The van der Waals surface area contributed by atoms with Crippen molar-refractivity contribution in [1.29, 1.82) is 0 Å². The van der Waals surface area contributed by atoms with Gasteiger partial charge in [-0.25, -0.2) is 4.98 Å². The zero-order chi connectivity index (χ0) is 25.5. The highest BCUT2D eigenvalue weighted by atomic mass is 16.5. The normalized spacial score (nSPS) is 16.9. The van der Waals surface area contributed by atoms with Crippen LogP contribution >= 0.6 is 0 Å². The number of hydrogen-bond acceptors (Lipinski definition) is 4. The molecule has 0 radical (unpaired) electrons. The molecule has 1 aliphatic heterocycles. The number of imidazole rings is 1. The number of methoxy groups -OCH3 is 1. The fourth-order valence-electron chi connectivity index (χ4n) is 5.22. The zero-order valence-corrected chi connectivity index (χ0v) is 21.7. The number of pyridine rings is 1. The van der Waals surface area contributed by atoms with Crippen molar-refractivity contribution < 1.29 is 14.3 Å². The topological polar surface area (TPSA) is 75.9 Å². The lowest BCUT2D eigenvalue weighted by Gasteiger charge is -2.35. The van der Waals surface area contributed by atoms with Crippen LogP contribution in [-0.4, -0.2) is 58.9 Å². The van der Waals surface area contributed by atoms with Crippen molar-refractivity contribution in [2.45, 2.75) is 57.9 Å². The molecule has 0 bridgehead atoms. The summed E-state index contributed by atoms with van der Waals surface area (Å²) in [6.45, 7) is 6.28. The highest BCUT2D eigenvalue weighted by molar-refractivity contribution is 5.93. The van der Waals surface area contributed by atoms with Crippen LogP contribution in [0.2, 0.25) is 0 Å². The van der Waals surface area contributed by atoms with Gasteiger partial charge in [-0.05, 0) is 49.3 Å². The van der Waals surface area contributed by atoms with Gasteiger partial charge in [0.25, 0.3) is 5.91 Å². The Balaban J connectivity index is 1.47. The van der Waals surface area contributed by atoms with E-state index in [1.54, 1.807) is 17.6 Å². The zero-order valence-electron chi connectivity index (χ0n) is 21.7. The van der Waals surface area contributed by atoms with Gasteiger partial charge in [0, 0.05) is 32.3 Å². The van der Waals surface area contributed by atoms with Crippen LogP contribution in [0.25, 0.3) is 5.65 Å². The molecule has 4 rings (SSSR count). The first-order valence-corrected chi connectivity index (χ1v) is 13.0. The van der Waals surface area contributed by atoms with Crippen LogP contribution in [0.5, 0.6) is 0 Å². The maximum Gasteiger partial charge on any atom is 0.268 e. The van der Waals surface area contributed by atoms with Gasteiger partial charge in [0.1, 0.15) is 11.3 Å². The molecular weight excluding hydrogens is 452 g/mol. The van der Waals surface area contributed by atoms with Crippen molar-refractivity contribution in [3.63, 3.8) is 0 Å². The van der Waals surface area contributed by atoms with Crippen LogP contribution in [-0.2, 0) is 16.0 Å². The number of benzene rings is 1. The van der Waals surface area contributed by atoms with Crippen LogP contribution in [0.3, 0.4) is 0 Å². The number of likely N-dealkylation sites (tertiary alicyclic amines) is 1. The van der Waals surface area contributed by atoms with E-state index in [9.17, 15) is 9.59 Å². The quantitative estimate of drug-likeness (QED) is 0.455. The molecule has 1 aromatic carbocycles. The molecule has 7 nitrogen and oxygen atoms in total. The molecule has 2 amide bonds. The molecule has 2 atom stereocenters. The number of piperidine rings is 1. The van der Waals surface area contributed by atoms with Crippen molar-refractivity contribution in [1.82, 2.24) is 19.6 Å². The summed E-state index contributed by atoms with van der Waals surface area (Å²) < 4.78 is 7.13. The van der Waals surface area contributed by atoms with Crippen LogP contribution < -0.4 is 5.32 Å². The number of fused-ring (bicyclic) bond motifs is 1. The lowest BCUT2D eigenvalue weighted by atomic mass is 9.90. The Morgan fingerprint density at radius 1 is 1.11 bits per heavy atom. The molecule has 7 heteroatoms. The molecular formula is C29H38N4O3. The number of carbonyl (C=O) groups excluding carboxylic acids is 2. The molecule has 1 N–H and O–H groups in total. The summed E-state index contributed by atoms with van der Waals surface area (Å²) in [7, 11) is 1.68. The first kappa shape index (κ1) is 25.9. The van der Waals surface area contributed by atoms with Crippen molar-refractivity contribution in [3.05, 3.63) is 71.7 Å². The maximum atomic E-state index is 13.2. The van der Waals surface area contributed by atoms with Gasteiger partial charge in [0.15, 0.2) is 0 Å². The minimum Gasteiger partial charge on any atom is -0.383 e. The van der Waals surface area contributed by atoms with E-state index in [1.807, 2.05) is 41.4 Å². The molecule has 1 aliphatic rings. The van der Waals surface area contributed by atoms with Crippen molar-refractivity contribution in [2.75, 3.05) is 26.8 Å². The second-order valence-corrected chi connectivity index (χ2v) is 10.2. The standard InChI is InChI=1S/C29H38N4O3/c1-21(2)16-23(22-10-5-4-6-11-22)18-30-29(35)26-13-9-14-27-31-24(19-33(26)27)17-28(34)32-15-8-7-12-25(32)20-36-3/h4-6,9-11,13-14,19,21,23,25H,7-8,12,15-18,20H2,1-3H3,(H,30,35). The molecule has 0 spiro atoms. The Hall–Kier alpha value is -3.19. The first-order valence-electron chi connectivity index (χ1n) is 13.0. The summed E-state index contributed by atoms with van der Waals surface area (Å²) in [6.07, 6.45) is 6.13. The fraction of sp³-hybridized carbons (Fsp3) is 0.483. The number of nitrogens with one attached hydrogen (secondary N) is 1. The van der Waals surface area contributed by atoms with E-state index in [4.69, 9.17) is 4.74 Å². The first-order chi connectivity index (χ1) is 17.5. The number of nitrogens with zero attached hydrogens (tertiary/aromatic N) is 3. The number of amides is 2. The van der Waals surface area contributed by atoms with Gasteiger partial charge < -0.3 is 15.0 Å². The van der Waals surface area contributed by atoms with E-state index in [0.717, 1.165) is 32.2 Å². The second kappa shape index (κ2) is 12.2. The molecule has 36 heavy (non-hydrogen) atoms. The van der Waals surface area contributed by atoms with Gasteiger partial charge in [0.2, 0.25) is 5.91 Å². The maximum absolute atomic E-state index is 13.2. The Bertz CT molecular complexity index is 1160. The fourth-order valence-corrected chi connectivity index (χ4v) is 5.22. The van der Waals surface area contributed by atoms with Crippen molar-refractivity contribution in [3.8, 4) is 0 Å². The third-order valence-corrected chi connectivity index (χ3v) is 6.95. The van der Waals surface area contributed by atoms with Crippen LogP contribution in [0.4, 0.5) is 0 Å². The predicted molar refractivity (Wildman–Crippen MR) is 141 cm³/mol. The smallest absolute Gasteiger partial charge is 0.268 e. The van der Waals surface area contributed by atoms with E-state index in [2.05, 4.69) is 36.3 Å². The largest absolute Gasteiger partial charge is 0.383 e. The molecule has 3 aromatic rings. The Morgan fingerprint density at radius 2 is 1.92 bits per heavy atom. The van der Waals surface area contributed by atoms with Crippen LogP contribution in [0, 0.1) is 5.92 Å². The minimum atomic E-state index is -0.142. The van der Waals surface area contributed by atoms with Crippen molar-refractivity contribution >= 4 is 17.5 Å².